The Balaban J connectivity index is 0.000000840. The number of ether oxygens (including phenoxy) is 1. The quantitative estimate of drug-likeness (QED) is 0.223. The molecule has 2 atom stereocenters. The first-order valence-corrected chi connectivity index (χ1v) is 12.8. The van der Waals surface area contributed by atoms with Gasteiger partial charge in [-0.1, -0.05) is 86.5 Å². The topological polar surface area (TPSA) is 83.8 Å². The van der Waals surface area contributed by atoms with E-state index in [1.54, 1.807) is 0 Å². The Morgan fingerprint density at radius 1 is 0.833 bits per heavy atom. The molecule has 0 aromatic heterocycles. The second-order valence-corrected chi connectivity index (χ2v) is 9.37. The zero-order valence-electron chi connectivity index (χ0n) is 20.9. The van der Waals surface area contributed by atoms with Crippen LogP contribution < -0.4 is 4.74 Å². The Kier molecular flexibility index (Phi) is 10.6. The molecule has 2 N–H and O–H groups in total. The van der Waals surface area contributed by atoms with E-state index in [1.807, 2.05) is 24.3 Å². The summed E-state index contributed by atoms with van der Waals surface area (Å²) >= 11 is 0. The van der Waals surface area contributed by atoms with Gasteiger partial charge in [0.25, 0.3) is 0 Å². The fraction of sp³-hybridized carbons (Fsp3) is 0.355. The molecule has 0 saturated heterocycles. The van der Waals surface area contributed by atoms with Gasteiger partial charge in [0.05, 0.1) is 6.61 Å². The standard InChI is InChI=1S/C30H34O2.CH2O3/c1-2-3-7-20-32-29-18-16-26(17-19-29)25-12-14-27(15-13-25)30(31)28-11-10-24(22-28)21-23-8-5-4-6-9-23;2-1(3)4/h4-6,8-9,12-19,24,28H,2-3,7,10-11,20-22H2,1H3;(H2,2,3,4). The van der Waals surface area contributed by atoms with Crippen LogP contribution in [0.3, 0.4) is 0 Å². The maximum absolute atomic E-state index is 13.1. The van der Waals surface area contributed by atoms with Crippen LogP contribution in [0.4, 0.5) is 4.79 Å². The van der Waals surface area contributed by atoms with E-state index in [-0.39, 0.29) is 5.92 Å². The number of hydrogen-bond donors (Lipinski definition) is 2. The van der Waals surface area contributed by atoms with Gasteiger partial charge in [-0.3, -0.25) is 4.79 Å². The summed E-state index contributed by atoms with van der Waals surface area (Å²) in [6.45, 7) is 2.97. The van der Waals surface area contributed by atoms with Gasteiger partial charge >= 0.3 is 6.16 Å². The molecule has 190 valence electrons. The molecule has 3 aromatic carbocycles. The Morgan fingerprint density at radius 2 is 1.44 bits per heavy atom. The first kappa shape index (κ1) is 27.0. The second kappa shape index (κ2) is 14.1. The average molecular weight is 489 g/mol. The Hall–Kier alpha value is -3.60. The minimum Gasteiger partial charge on any atom is -0.494 e. The molecule has 1 aliphatic rings. The van der Waals surface area contributed by atoms with Crippen LogP contribution in [0.25, 0.3) is 11.1 Å². The van der Waals surface area contributed by atoms with Crippen molar-refractivity contribution in [1.82, 2.24) is 0 Å². The van der Waals surface area contributed by atoms with Crippen molar-refractivity contribution in [3.05, 3.63) is 90.0 Å². The molecule has 2 unspecified atom stereocenters. The molecule has 0 bridgehead atoms. The minimum atomic E-state index is -1.83. The van der Waals surface area contributed by atoms with Gasteiger partial charge in [-0.05, 0) is 66.8 Å². The van der Waals surface area contributed by atoms with Gasteiger partial charge < -0.3 is 14.9 Å². The van der Waals surface area contributed by atoms with Crippen LogP contribution in [0.1, 0.15) is 61.4 Å². The fourth-order valence-electron chi connectivity index (χ4n) is 4.79. The number of hydrogen-bond acceptors (Lipinski definition) is 3. The van der Waals surface area contributed by atoms with Crippen molar-refractivity contribution in [3.63, 3.8) is 0 Å². The van der Waals surface area contributed by atoms with Crippen molar-refractivity contribution in [1.29, 1.82) is 0 Å². The molecule has 1 saturated carbocycles. The maximum atomic E-state index is 13.1. The van der Waals surface area contributed by atoms with E-state index in [2.05, 4.69) is 61.5 Å². The first-order chi connectivity index (χ1) is 17.5. The highest BCUT2D eigenvalue weighted by atomic mass is 16.6. The second-order valence-electron chi connectivity index (χ2n) is 9.37. The molecule has 4 rings (SSSR count). The molecule has 0 spiro atoms. The molecule has 1 fully saturated rings. The molecule has 0 heterocycles. The van der Waals surface area contributed by atoms with Crippen molar-refractivity contribution >= 4 is 11.9 Å². The zero-order valence-corrected chi connectivity index (χ0v) is 20.9. The van der Waals surface area contributed by atoms with Crippen molar-refractivity contribution in [3.8, 4) is 16.9 Å². The third-order valence-electron chi connectivity index (χ3n) is 6.65. The SMILES string of the molecule is CCCCCOc1ccc(-c2ccc(C(=O)C3CCC(Cc4ccccc4)C3)cc2)cc1.O=C(O)O. The Morgan fingerprint density at radius 3 is 2.06 bits per heavy atom. The largest absolute Gasteiger partial charge is 0.503 e. The fourth-order valence-corrected chi connectivity index (χ4v) is 4.79. The third-order valence-corrected chi connectivity index (χ3v) is 6.65. The van der Waals surface area contributed by atoms with Gasteiger partial charge in [0.2, 0.25) is 0 Å². The van der Waals surface area contributed by atoms with Gasteiger partial charge in [0.15, 0.2) is 5.78 Å². The first-order valence-electron chi connectivity index (χ1n) is 12.8. The van der Waals surface area contributed by atoms with Crippen LogP contribution >= 0.6 is 0 Å². The summed E-state index contributed by atoms with van der Waals surface area (Å²) in [4.78, 5) is 21.6. The summed E-state index contributed by atoms with van der Waals surface area (Å²) in [6, 6.07) is 27.0. The van der Waals surface area contributed by atoms with Gasteiger partial charge in [-0.2, -0.15) is 0 Å². The molecular weight excluding hydrogens is 452 g/mol. The average Bonchev–Trinajstić information content (AvgIpc) is 3.35. The summed E-state index contributed by atoms with van der Waals surface area (Å²) < 4.78 is 5.81. The van der Waals surface area contributed by atoms with Gasteiger partial charge in [-0.15, -0.1) is 0 Å². The molecule has 3 aromatic rings. The lowest BCUT2D eigenvalue weighted by molar-refractivity contribution is 0.0919. The van der Waals surface area contributed by atoms with Gasteiger partial charge in [-0.25, -0.2) is 4.79 Å². The van der Waals surface area contributed by atoms with Crippen LogP contribution in [0, 0.1) is 11.8 Å². The van der Waals surface area contributed by atoms with Crippen LogP contribution in [-0.4, -0.2) is 28.8 Å². The van der Waals surface area contributed by atoms with E-state index in [0.29, 0.717) is 11.7 Å². The number of benzene rings is 3. The van der Waals surface area contributed by atoms with Crippen molar-refractivity contribution < 1.29 is 24.5 Å². The van der Waals surface area contributed by atoms with Gasteiger partial charge in [0.1, 0.15) is 5.75 Å². The van der Waals surface area contributed by atoms with E-state index in [1.165, 1.54) is 18.4 Å². The van der Waals surface area contributed by atoms with Crippen LogP contribution in [0.2, 0.25) is 0 Å². The number of carbonyl (C=O) groups is 2. The molecule has 0 radical (unpaired) electrons. The summed E-state index contributed by atoms with van der Waals surface area (Å²) in [7, 11) is 0. The lowest BCUT2D eigenvalue weighted by Gasteiger charge is -2.12. The zero-order chi connectivity index (χ0) is 25.8. The number of rotatable bonds is 10. The minimum absolute atomic E-state index is 0.165. The normalized spacial score (nSPS) is 16.6. The molecule has 5 heteroatoms. The highest BCUT2D eigenvalue weighted by molar-refractivity contribution is 5.98. The molecule has 5 nitrogen and oxygen atoms in total. The van der Waals surface area contributed by atoms with Crippen molar-refractivity contribution in [2.75, 3.05) is 6.61 Å². The van der Waals surface area contributed by atoms with Crippen LogP contribution in [0.15, 0.2) is 78.9 Å². The summed E-state index contributed by atoms with van der Waals surface area (Å²) in [6.07, 6.45) is 5.93. The number of ketones is 1. The number of unbranched alkanes of at least 4 members (excludes halogenated alkanes) is 2. The maximum Gasteiger partial charge on any atom is 0.503 e. The van der Waals surface area contributed by atoms with Crippen molar-refractivity contribution in [2.24, 2.45) is 11.8 Å². The Labute approximate surface area is 213 Å². The molecule has 0 aliphatic heterocycles. The highest BCUT2D eigenvalue weighted by Crippen LogP contribution is 2.35. The van der Waals surface area contributed by atoms with E-state index < -0.39 is 6.16 Å². The molecule has 1 aliphatic carbocycles. The third kappa shape index (κ3) is 8.56. The van der Waals surface area contributed by atoms with E-state index >= 15 is 0 Å². The van der Waals surface area contributed by atoms with E-state index in [9.17, 15) is 4.79 Å². The summed E-state index contributed by atoms with van der Waals surface area (Å²) in [5.74, 6) is 2.01. The lowest BCUT2D eigenvalue weighted by Crippen LogP contribution is -2.12. The predicted octanol–water partition coefficient (Wildman–Crippen LogP) is 7.99. The lowest BCUT2D eigenvalue weighted by atomic mass is 9.92. The predicted molar refractivity (Wildman–Crippen MR) is 143 cm³/mol. The smallest absolute Gasteiger partial charge is 0.494 e. The Bertz CT molecular complexity index is 1070. The van der Waals surface area contributed by atoms with E-state index in [0.717, 1.165) is 61.2 Å². The number of Topliss-reactive ketones (excluding diaryl/α,β-unsaturated/α-hetero) is 1. The van der Waals surface area contributed by atoms with Crippen LogP contribution in [-0.2, 0) is 6.42 Å². The summed E-state index contributed by atoms with van der Waals surface area (Å²) in [5, 5.41) is 13.9. The number of carbonyl (C=O) groups excluding carboxylic acids is 1. The molecular formula is C31H36O5. The summed E-state index contributed by atoms with van der Waals surface area (Å²) in [5.41, 5.74) is 4.50. The molecule has 0 amide bonds. The highest BCUT2D eigenvalue weighted by Gasteiger charge is 2.30. The van der Waals surface area contributed by atoms with Crippen LogP contribution in [0.5, 0.6) is 5.75 Å². The van der Waals surface area contributed by atoms with E-state index in [4.69, 9.17) is 19.7 Å². The number of carboxylic acid groups (broad SMARTS) is 2. The van der Waals surface area contributed by atoms with Crippen molar-refractivity contribution in [2.45, 2.75) is 51.9 Å². The monoisotopic (exact) mass is 488 g/mol. The van der Waals surface area contributed by atoms with Gasteiger partial charge in [0, 0.05) is 11.5 Å². The molecule has 36 heavy (non-hydrogen) atoms.